The average Bonchev–Trinajstić information content (AvgIpc) is 3.37. The number of aromatic nitrogens is 3. The second kappa shape index (κ2) is 9.23. The van der Waals surface area contributed by atoms with Gasteiger partial charge in [0, 0.05) is 17.3 Å². The fraction of sp³-hybridized carbons (Fsp3) is 0.318. The van der Waals surface area contributed by atoms with E-state index in [1.807, 2.05) is 23.6 Å². The van der Waals surface area contributed by atoms with Gasteiger partial charge >= 0.3 is 12.2 Å². The van der Waals surface area contributed by atoms with Crippen LogP contribution in [0.2, 0.25) is 10.0 Å². The summed E-state index contributed by atoms with van der Waals surface area (Å²) < 4.78 is 41.4. The van der Waals surface area contributed by atoms with Gasteiger partial charge in [-0.1, -0.05) is 35.3 Å². The molecule has 1 saturated heterocycles. The van der Waals surface area contributed by atoms with Gasteiger partial charge in [0.2, 0.25) is 0 Å². The van der Waals surface area contributed by atoms with Crippen molar-refractivity contribution in [1.82, 2.24) is 19.7 Å². The average molecular weight is 498 g/mol. The third kappa shape index (κ3) is 5.09. The molecule has 0 radical (unpaired) electrons. The van der Waals surface area contributed by atoms with E-state index in [1.54, 1.807) is 17.0 Å². The molecule has 0 bridgehead atoms. The minimum Gasteiger partial charge on any atom is -0.314 e. The van der Waals surface area contributed by atoms with Crippen LogP contribution in [-0.4, -0.2) is 32.2 Å². The van der Waals surface area contributed by atoms with E-state index < -0.39 is 22.8 Å². The lowest BCUT2D eigenvalue weighted by Crippen LogP contribution is -2.35. The van der Waals surface area contributed by atoms with Crippen LogP contribution in [0.4, 0.5) is 23.7 Å². The summed E-state index contributed by atoms with van der Waals surface area (Å²) in [5.74, 6) is 1.32. The molecule has 1 fully saturated rings. The standard InChI is InChI=1S/C22H20Cl2F3N5O/c1-13-29-30-20(32(13)12-14-4-6-15(23)7-5-14)19-3-2-10-31(19)21(33)28-16-8-9-18(24)17(11-16)22(25,26)27/h4-9,11,19H,2-3,10,12H2,1H3,(H,28,33)/t19-/m1/s1. The Labute approximate surface area is 198 Å². The summed E-state index contributed by atoms with van der Waals surface area (Å²) in [6.45, 7) is 2.78. The summed E-state index contributed by atoms with van der Waals surface area (Å²) >= 11 is 11.6. The molecule has 0 saturated carbocycles. The maximum Gasteiger partial charge on any atom is 0.417 e. The van der Waals surface area contributed by atoms with Crippen LogP contribution < -0.4 is 5.32 Å². The van der Waals surface area contributed by atoms with Crippen molar-refractivity contribution in [2.75, 3.05) is 11.9 Å². The number of carbonyl (C=O) groups excluding carboxylic acids is 1. The number of halogens is 5. The topological polar surface area (TPSA) is 63.1 Å². The van der Waals surface area contributed by atoms with Gasteiger partial charge in [-0.05, 0) is 55.7 Å². The van der Waals surface area contributed by atoms with Gasteiger partial charge in [-0.2, -0.15) is 13.2 Å². The molecule has 2 heterocycles. The summed E-state index contributed by atoms with van der Waals surface area (Å²) in [7, 11) is 0. The molecular weight excluding hydrogens is 478 g/mol. The minimum atomic E-state index is -4.62. The van der Waals surface area contributed by atoms with Gasteiger partial charge < -0.3 is 14.8 Å². The predicted octanol–water partition coefficient (Wildman–Crippen LogP) is 6.33. The second-order valence-corrected chi connectivity index (χ2v) is 8.64. The number of likely N-dealkylation sites (tertiary alicyclic amines) is 1. The third-order valence-corrected chi connectivity index (χ3v) is 6.13. The highest BCUT2D eigenvalue weighted by atomic mass is 35.5. The van der Waals surface area contributed by atoms with Crippen molar-refractivity contribution in [3.05, 3.63) is 75.3 Å². The van der Waals surface area contributed by atoms with E-state index in [2.05, 4.69) is 15.5 Å². The van der Waals surface area contributed by atoms with Gasteiger partial charge in [-0.25, -0.2) is 4.79 Å². The molecule has 2 amide bonds. The molecule has 3 aromatic rings. The number of nitrogens with one attached hydrogen (secondary N) is 1. The number of hydrogen-bond donors (Lipinski definition) is 1. The Morgan fingerprint density at radius 1 is 1.15 bits per heavy atom. The number of rotatable bonds is 4. The van der Waals surface area contributed by atoms with E-state index in [0.29, 0.717) is 36.2 Å². The number of benzene rings is 2. The van der Waals surface area contributed by atoms with E-state index in [9.17, 15) is 18.0 Å². The first-order chi connectivity index (χ1) is 15.6. The van der Waals surface area contributed by atoms with Gasteiger partial charge in [-0.3, -0.25) is 0 Å². The van der Waals surface area contributed by atoms with Gasteiger partial charge in [-0.15, -0.1) is 10.2 Å². The van der Waals surface area contributed by atoms with E-state index in [4.69, 9.17) is 23.2 Å². The number of hydrogen-bond acceptors (Lipinski definition) is 3. The smallest absolute Gasteiger partial charge is 0.314 e. The molecule has 174 valence electrons. The van der Waals surface area contributed by atoms with E-state index in [-0.39, 0.29) is 11.7 Å². The van der Waals surface area contributed by atoms with Gasteiger partial charge in [0.1, 0.15) is 5.82 Å². The number of alkyl halides is 3. The predicted molar refractivity (Wildman–Crippen MR) is 119 cm³/mol. The highest BCUT2D eigenvalue weighted by Gasteiger charge is 2.36. The number of urea groups is 1. The van der Waals surface area contributed by atoms with Gasteiger partial charge in [0.25, 0.3) is 0 Å². The molecule has 0 spiro atoms. The zero-order chi connectivity index (χ0) is 23.8. The molecule has 1 aromatic heterocycles. The Hall–Kier alpha value is -2.78. The lowest BCUT2D eigenvalue weighted by Gasteiger charge is -2.25. The van der Waals surface area contributed by atoms with E-state index >= 15 is 0 Å². The van der Waals surface area contributed by atoms with Crippen LogP contribution in [0, 0.1) is 6.92 Å². The van der Waals surface area contributed by atoms with Gasteiger partial charge in [0.15, 0.2) is 5.82 Å². The normalized spacial score (nSPS) is 16.3. The Kier molecular flexibility index (Phi) is 6.54. The summed E-state index contributed by atoms with van der Waals surface area (Å²) in [5, 5.41) is 11.3. The molecule has 4 rings (SSSR count). The highest BCUT2D eigenvalue weighted by Crippen LogP contribution is 2.37. The molecule has 0 aliphatic carbocycles. The molecule has 6 nitrogen and oxygen atoms in total. The third-order valence-electron chi connectivity index (χ3n) is 5.55. The fourth-order valence-electron chi connectivity index (χ4n) is 3.91. The maximum absolute atomic E-state index is 13.2. The van der Waals surface area contributed by atoms with E-state index in [1.165, 1.54) is 6.07 Å². The van der Waals surface area contributed by atoms with Crippen LogP contribution >= 0.6 is 23.2 Å². The van der Waals surface area contributed by atoms with E-state index in [0.717, 1.165) is 24.1 Å². The van der Waals surface area contributed by atoms with Crippen molar-refractivity contribution < 1.29 is 18.0 Å². The second-order valence-electron chi connectivity index (χ2n) is 7.79. The number of carbonyl (C=O) groups is 1. The Morgan fingerprint density at radius 2 is 1.88 bits per heavy atom. The van der Waals surface area contributed by atoms with Crippen molar-refractivity contribution in [2.45, 2.75) is 38.5 Å². The first kappa shape index (κ1) is 23.4. The quantitative estimate of drug-likeness (QED) is 0.458. The van der Waals surface area contributed by atoms with Crippen LogP contribution in [0.25, 0.3) is 0 Å². The van der Waals surface area contributed by atoms with Crippen LogP contribution in [-0.2, 0) is 12.7 Å². The molecule has 33 heavy (non-hydrogen) atoms. The molecule has 1 atom stereocenters. The molecule has 1 N–H and O–H groups in total. The first-order valence-electron chi connectivity index (χ1n) is 10.2. The maximum atomic E-state index is 13.2. The molecule has 1 aliphatic heterocycles. The van der Waals surface area contributed by atoms with Crippen molar-refractivity contribution in [1.29, 1.82) is 0 Å². The number of anilines is 1. The van der Waals surface area contributed by atoms with Crippen LogP contribution in [0.1, 0.15) is 41.7 Å². The highest BCUT2D eigenvalue weighted by molar-refractivity contribution is 6.31. The van der Waals surface area contributed by atoms with Crippen LogP contribution in [0.15, 0.2) is 42.5 Å². The van der Waals surface area contributed by atoms with Crippen LogP contribution in [0.5, 0.6) is 0 Å². The lowest BCUT2D eigenvalue weighted by molar-refractivity contribution is -0.137. The molecule has 2 aromatic carbocycles. The van der Waals surface area contributed by atoms with Crippen LogP contribution in [0.3, 0.4) is 0 Å². The zero-order valence-corrected chi connectivity index (χ0v) is 19.0. The minimum absolute atomic E-state index is 0.0150. The van der Waals surface area contributed by atoms with Crippen molar-refractivity contribution >= 4 is 34.9 Å². The zero-order valence-electron chi connectivity index (χ0n) is 17.5. The van der Waals surface area contributed by atoms with Crippen molar-refractivity contribution in [3.63, 3.8) is 0 Å². The molecule has 1 aliphatic rings. The first-order valence-corrected chi connectivity index (χ1v) is 11.0. The number of amides is 2. The monoisotopic (exact) mass is 497 g/mol. The molecule has 11 heteroatoms. The fourth-order valence-corrected chi connectivity index (χ4v) is 4.26. The molecular formula is C22H20Cl2F3N5O. The number of aryl methyl sites for hydroxylation is 1. The van der Waals surface area contributed by atoms with Crippen molar-refractivity contribution in [3.8, 4) is 0 Å². The van der Waals surface area contributed by atoms with Crippen molar-refractivity contribution in [2.24, 2.45) is 0 Å². The number of nitrogens with zero attached hydrogens (tertiary/aromatic N) is 4. The Morgan fingerprint density at radius 3 is 2.58 bits per heavy atom. The lowest BCUT2D eigenvalue weighted by atomic mass is 10.2. The summed E-state index contributed by atoms with van der Waals surface area (Å²) in [6.07, 6.45) is -3.22. The Balaban J connectivity index is 1.55. The molecule has 0 unspecified atom stereocenters. The SMILES string of the molecule is Cc1nnc([C@H]2CCCN2C(=O)Nc2ccc(Cl)c(C(F)(F)F)c2)n1Cc1ccc(Cl)cc1. The summed E-state index contributed by atoms with van der Waals surface area (Å²) in [5.41, 5.74) is 0.0119. The van der Waals surface area contributed by atoms with Gasteiger partial charge in [0.05, 0.1) is 23.2 Å². The summed E-state index contributed by atoms with van der Waals surface area (Å²) in [4.78, 5) is 14.6. The largest absolute Gasteiger partial charge is 0.417 e. The summed E-state index contributed by atoms with van der Waals surface area (Å²) in [6, 6.07) is 9.84. The Bertz CT molecular complexity index is 1160.